The van der Waals surface area contributed by atoms with E-state index in [-0.39, 0.29) is 0 Å². The highest BCUT2D eigenvalue weighted by Crippen LogP contribution is 2.06. The summed E-state index contributed by atoms with van der Waals surface area (Å²) in [5.41, 5.74) is 6.33. The average Bonchev–Trinajstić information content (AvgIpc) is 2.65. The second-order valence-corrected chi connectivity index (χ2v) is 2.59. The Bertz CT molecular complexity index is 495. The summed E-state index contributed by atoms with van der Waals surface area (Å²) in [4.78, 5) is 7.70. The van der Waals surface area contributed by atoms with E-state index in [2.05, 4.69) is 15.1 Å². The Labute approximate surface area is 79.6 Å². The molecule has 0 aromatic carbocycles. The quantitative estimate of drug-likeness (QED) is 0.682. The van der Waals surface area contributed by atoms with Gasteiger partial charge < -0.3 is 5.73 Å². The number of nitrogens with zero attached hydrogens (tertiary/aromatic N) is 5. The van der Waals surface area contributed by atoms with Crippen LogP contribution in [0, 0.1) is 11.3 Å². The number of rotatable bonds is 1. The van der Waals surface area contributed by atoms with Crippen LogP contribution in [-0.4, -0.2) is 19.7 Å². The first-order valence-corrected chi connectivity index (χ1v) is 3.82. The molecule has 0 amide bonds. The molecule has 0 saturated carbocycles. The predicted octanol–water partition coefficient (Wildman–Crippen LogP) is 0.116. The molecular weight excluding hydrogens is 180 g/mol. The molecule has 2 rings (SSSR count). The summed E-state index contributed by atoms with van der Waals surface area (Å²) in [6.07, 6.45) is 4.43. The molecule has 0 aliphatic rings. The van der Waals surface area contributed by atoms with E-state index < -0.39 is 0 Å². The molecule has 0 bridgehead atoms. The van der Waals surface area contributed by atoms with Crippen LogP contribution in [0.25, 0.3) is 5.82 Å². The number of nitrogen functional groups attached to an aromatic ring is 1. The van der Waals surface area contributed by atoms with Crippen molar-refractivity contribution in [3.63, 3.8) is 0 Å². The summed E-state index contributed by atoms with van der Waals surface area (Å²) in [6.45, 7) is 0. The van der Waals surface area contributed by atoms with Gasteiger partial charge in [-0.05, 0) is 0 Å². The van der Waals surface area contributed by atoms with Crippen molar-refractivity contribution in [1.29, 1.82) is 5.26 Å². The number of aromatic nitrogens is 4. The first-order valence-electron chi connectivity index (χ1n) is 3.82. The minimum absolute atomic E-state index is 0.295. The van der Waals surface area contributed by atoms with Gasteiger partial charge >= 0.3 is 0 Å². The topological polar surface area (TPSA) is 93.4 Å². The minimum atomic E-state index is 0.295. The Morgan fingerprint density at radius 1 is 1.43 bits per heavy atom. The zero-order valence-electron chi connectivity index (χ0n) is 7.12. The van der Waals surface area contributed by atoms with Crippen molar-refractivity contribution in [3.8, 4) is 11.9 Å². The van der Waals surface area contributed by atoms with Crippen molar-refractivity contribution < 1.29 is 0 Å². The third kappa shape index (κ3) is 1.38. The highest BCUT2D eigenvalue weighted by molar-refractivity contribution is 5.36. The van der Waals surface area contributed by atoms with E-state index in [0.717, 1.165) is 0 Å². The van der Waals surface area contributed by atoms with Gasteiger partial charge in [0, 0.05) is 6.07 Å². The Morgan fingerprint density at radius 3 is 2.93 bits per heavy atom. The van der Waals surface area contributed by atoms with Crippen molar-refractivity contribution in [2.24, 2.45) is 0 Å². The normalized spacial score (nSPS) is 9.64. The number of nitrogens with two attached hydrogens (primary N) is 1. The van der Waals surface area contributed by atoms with Crippen LogP contribution in [0.4, 0.5) is 5.69 Å². The fourth-order valence-electron chi connectivity index (χ4n) is 0.995. The van der Waals surface area contributed by atoms with Crippen LogP contribution < -0.4 is 5.73 Å². The van der Waals surface area contributed by atoms with Gasteiger partial charge in [0.15, 0.2) is 5.82 Å². The molecule has 0 atom stereocenters. The lowest BCUT2D eigenvalue weighted by molar-refractivity contribution is 0.837. The average molecular weight is 186 g/mol. The molecule has 6 heteroatoms. The van der Waals surface area contributed by atoms with Crippen LogP contribution in [0.1, 0.15) is 5.69 Å². The SMILES string of the molecule is N#Cc1cc(-n2cc(N)cn2)ncn1. The lowest BCUT2D eigenvalue weighted by Crippen LogP contribution is -1.99. The molecule has 0 saturated heterocycles. The molecular formula is C8H6N6. The van der Waals surface area contributed by atoms with Crippen LogP contribution in [0.15, 0.2) is 24.8 Å². The van der Waals surface area contributed by atoms with Gasteiger partial charge in [0.25, 0.3) is 0 Å². The second kappa shape index (κ2) is 3.14. The third-order valence-corrected chi connectivity index (χ3v) is 1.60. The van der Waals surface area contributed by atoms with Crippen molar-refractivity contribution in [2.45, 2.75) is 0 Å². The number of hydrogen-bond donors (Lipinski definition) is 1. The lowest BCUT2D eigenvalue weighted by atomic mass is 10.4. The molecule has 0 unspecified atom stereocenters. The maximum atomic E-state index is 8.62. The molecule has 2 aromatic heterocycles. The molecule has 2 N–H and O–H groups in total. The standard InChI is InChI=1S/C8H6N6/c9-2-7-1-8(12-5-11-7)14-4-6(10)3-13-14/h1,3-5H,10H2. The van der Waals surface area contributed by atoms with E-state index in [1.54, 1.807) is 6.20 Å². The monoisotopic (exact) mass is 186 g/mol. The molecule has 0 radical (unpaired) electrons. The summed E-state index contributed by atoms with van der Waals surface area (Å²) in [5, 5.41) is 12.6. The van der Waals surface area contributed by atoms with E-state index in [4.69, 9.17) is 11.0 Å². The smallest absolute Gasteiger partial charge is 0.158 e. The Morgan fingerprint density at radius 2 is 2.29 bits per heavy atom. The van der Waals surface area contributed by atoms with Gasteiger partial charge in [-0.25, -0.2) is 14.6 Å². The molecule has 2 aromatic rings. The fourth-order valence-corrected chi connectivity index (χ4v) is 0.995. The van der Waals surface area contributed by atoms with E-state index in [1.165, 1.54) is 23.3 Å². The van der Waals surface area contributed by atoms with Crippen molar-refractivity contribution in [1.82, 2.24) is 19.7 Å². The maximum Gasteiger partial charge on any atom is 0.158 e. The molecule has 6 nitrogen and oxygen atoms in total. The number of hydrogen-bond acceptors (Lipinski definition) is 5. The van der Waals surface area contributed by atoms with E-state index in [0.29, 0.717) is 17.2 Å². The van der Waals surface area contributed by atoms with Gasteiger partial charge in [-0.15, -0.1) is 0 Å². The van der Waals surface area contributed by atoms with Gasteiger partial charge in [0.1, 0.15) is 18.1 Å². The lowest BCUT2D eigenvalue weighted by Gasteiger charge is -1.97. The van der Waals surface area contributed by atoms with E-state index in [1.807, 2.05) is 6.07 Å². The molecule has 0 aliphatic carbocycles. The summed E-state index contributed by atoms with van der Waals surface area (Å²) >= 11 is 0. The summed E-state index contributed by atoms with van der Waals surface area (Å²) in [6, 6.07) is 3.45. The molecule has 14 heavy (non-hydrogen) atoms. The highest BCUT2D eigenvalue weighted by Gasteiger charge is 2.01. The number of nitriles is 1. The molecule has 0 aliphatic heterocycles. The zero-order valence-corrected chi connectivity index (χ0v) is 7.12. The summed E-state index contributed by atoms with van der Waals surface area (Å²) < 4.78 is 1.48. The van der Waals surface area contributed by atoms with Gasteiger partial charge in [-0.2, -0.15) is 10.4 Å². The van der Waals surface area contributed by atoms with E-state index >= 15 is 0 Å². The van der Waals surface area contributed by atoms with Crippen molar-refractivity contribution in [3.05, 3.63) is 30.5 Å². The Balaban J connectivity index is 2.47. The first kappa shape index (κ1) is 8.19. The second-order valence-electron chi connectivity index (χ2n) is 2.59. The van der Waals surface area contributed by atoms with Gasteiger partial charge in [-0.1, -0.05) is 0 Å². The van der Waals surface area contributed by atoms with Crippen molar-refractivity contribution in [2.75, 3.05) is 5.73 Å². The van der Waals surface area contributed by atoms with Gasteiger partial charge in [-0.3, -0.25) is 0 Å². The van der Waals surface area contributed by atoms with Crippen LogP contribution in [-0.2, 0) is 0 Å². The molecule has 0 fully saturated rings. The summed E-state index contributed by atoms with van der Waals surface area (Å²) in [7, 11) is 0. The minimum Gasteiger partial charge on any atom is -0.396 e. The first-order chi connectivity index (χ1) is 6.79. The van der Waals surface area contributed by atoms with Crippen LogP contribution in [0.2, 0.25) is 0 Å². The predicted molar refractivity (Wildman–Crippen MR) is 48.3 cm³/mol. The zero-order chi connectivity index (χ0) is 9.97. The summed E-state index contributed by atoms with van der Waals surface area (Å²) in [5.74, 6) is 0.522. The molecule has 0 spiro atoms. The van der Waals surface area contributed by atoms with E-state index in [9.17, 15) is 0 Å². The maximum absolute atomic E-state index is 8.62. The van der Waals surface area contributed by atoms with Gasteiger partial charge in [0.2, 0.25) is 0 Å². The van der Waals surface area contributed by atoms with Crippen LogP contribution >= 0.6 is 0 Å². The fraction of sp³-hybridized carbons (Fsp3) is 0. The third-order valence-electron chi connectivity index (χ3n) is 1.60. The highest BCUT2D eigenvalue weighted by atomic mass is 15.3. The number of anilines is 1. The van der Waals surface area contributed by atoms with Crippen molar-refractivity contribution >= 4 is 5.69 Å². The van der Waals surface area contributed by atoms with Gasteiger partial charge in [0.05, 0.1) is 18.1 Å². The Hall–Kier alpha value is -2.42. The van der Waals surface area contributed by atoms with Crippen LogP contribution in [0.5, 0.6) is 0 Å². The molecule has 68 valence electrons. The largest absolute Gasteiger partial charge is 0.396 e. The molecule has 2 heterocycles. The van der Waals surface area contributed by atoms with Crippen LogP contribution in [0.3, 0.4) is 0 Å². The Kier molecular flexibility index (Phi) is 1.84.